The molecule has 0 aliphatic carbocycles. The van der Waals surface area contributed by atoms with Gasteiger partial charge in [-0.2, -0.15) is 0 Å². The first-order valence-corrected chi connectivity index (χ1v) is 11.7. The Kier molecular flexibility index (Phi) is 6.09. The zero-order valence-electron chi connectivity index (χ0n) is 20.6. The fourth-order valence-corrected chi connectivity index (χ4v) is 4.74. The number of nitrogens with zero attached hydrogens (tertiary/aromatic N) is 4. The van der Waals surface area contributed by atoms with Crippen LogP contribution in [0.15, 0.2) is 98.9 Å². The Morgan fingerprint density at radius 1 is 0.917 bits per heavy atom. The smallest absolute Gasteiger partial charge is 0.877 e. The summed E-state index contributed by atoms with van der Waals surface area (Å²) in [7, 11) is 0. The standard InChI is InChI=1S/C30H25N4O.Zn/c1-18-4-6-19(7-5-18)29-25-11-10-21(32-25)13-24-16-30(2,3)28(33-24)15-23-9-8-22(31-23)14-26-20(17-35)12-27(29)34-26;/h4-15,17H,16H2,1-3H3,(H-,31,32,33,34,35);/q-1;+2/p-1. The zero-order chi connectivity index (χ0) is 24.2. The number of hydrogen-bond donors (Lipinski definition) is 0. The molecule has 0 radical (unpaired) electrons. The minimum Gasteiger partial charge on any atom is -0.877 e. The molecule has 0 unspecified atom stereocenters. The van der Waals surface area contributed by atoms with Gasteiger partial charge in [0.05, 0.1) is 22.8 Å². The van der Waals surface area contributed by atoms with Crippen LogP contribution in [0.1, 0.15) is 37.1 Å². The van der Waals surface area contributed by atoms with Crippen LogP contribution < -0.4 is 20.7 Å². The first-order valence-electron chi connectivity index (χ1n) is 11.7. The Labute approximate surface area is 223 Å². The summed E-state index contributed by atoms with van der Waals surface area (Å²) in [6.07, 6.45) is 15.6. The molecule has 8 bridgehead atoms. The van der Waals surface area contributed by atoms with Crippen molar-refractivity contribution < 1.29 is 24.6 Å². The van der Waals surface area contributed by atoms with Crippen molar-refractivity contribution >= 4 is 35.0 Å². The van der Waals surface area contributed by atoms with Gasteiger partial charge in [0, 0.05) is 23.2 Å². The van der Waals surface area contributed by atoms with Crippen LogP contribution in [0.5, 0.6) is 0 Å². The van der Waals surface area contributed by atoms with Crippen LogP contribution in [0.4, 0.5) is 0 Å². The van der Waals surface area contributed by atoms with Crippen LogP contribution in [0, 0.1) is 12.3 Å². The summed E-state index contributed by atoms with van der Waals surface area (Å²) in [5, 5.41) is 13.1. The predicted octanol–water partition coefficient (Wildman–Crippen LogP) is 3.26. The predicted molar refractivity (Wildman–Crippen MR) is 140 cm³/mol. The van der Waals surface area contributed by atoms with E-state index >= 15 is 0 Å². The van der Waals surface area contributed by atoms with Crippen LogP contribution in [0.25, 0.3) is 17.9 Å². The minimum atomic E-state index is -0.0936. The van der Waals surface area contributed by atoms with E-state index in [-0.39, 0.29) is 24.9 Å². The van der Waals surface area contributed by atoms with E-state index in [9.17, 15) is 5.11 Å². The van der Waals surface area contributed by atoms with Gasteiger partial charge in [0.25, 0.3) is 0 Å². The Morgan fingerprint density at radius 2 is 1.67 bits per heavy atom. The first-order chi connectivity index (χ1) is 16.9. The molecule has 172 valence electrons. The fourth-order valence-electron chi connectivity index (χ4n) is 4.74. The maximum atomic E-state index is 12.0. The van der Waals surface area contributed by atoms with Crippen LogP contribution in [-0.4, -0.2) is 17.1 Å². The van der Waals surface area contributed by atoms with Crippen molar-refractivity contribution in [3.05, 3.63) is 111 Å². The second-order valence-corrected chi connectivity index (χ2v) is 9.87. The maximum absolute atomic E-state index is 12.0. The van der Waals surface area contributed by atoms with Crippen LogP contribution in [0.3, 0.4) is 0 Å². The van der Waals surface area contributed by atoms with E-state index in [0.29, 0.717) is 16.3 Å². The summed E-state index contributed by atoms with van der Waals surface area (Å²) >= 11 is 0. The average Bonchev–Trinajstić information content (AvgIpc) is 3.59. The molecule has 0 amide bonds. The first kappa shape index (κ1) is 24.1. The molecule has 1 aromatic heterocycles. The molecule has 0 atom stereocenters. The topological polar surface area (TPSA) is 74.2 Å². The van der Waals surface area contributed by atoms with Gasteiger partial charge in [0.15, 0.2) is 0 Å². The molecular formula is C30H24N4OZn. The third-order valence-corrected chi connectivity index (χ3v) is 6.62. The molecular weight excluding hydrogens is 498 g/mol. The average molecular weight is 522 g/mol. The van der Waals surface area contributed by atoms with Gasteiger partial charge in [0.1, 0.15) is 0 Å². The Bertz CT molecular complexity index is 1630. The zero-order valence-corrected chi connectivity index (χ0v) is 23.6. The van der Waals surface area contributed by atoms with Crippen molar-refractivity contribution in [2.75, 3.05) is 0 Å². The summed E-state index contributed by atoms with van der Waals surface area (Å²) < 4.78 is 0. The van der Waals surface area contributed by atoms with E-state index in [0.717, 1.165) is 58.0 Å². The molecule has 0 N–H and O–H groups in total. The number of aliphatic imine (C=N–C) groups is 3. The SMILES string of the molecule is Cc1ccc(C2=C3C=CC(=N3)C=C3CC(C)(C)C(=N3)C=C3C=CC(=N3)C=c3[n-]c2c/c3=C/[O-])cc1.[Zn+2]. The number of hydrogen-bond acceptors (Lipinski definition) is 4. The number of rotatable bonds is 1. The number of aryl methyl sites for hydroxylation is 1. The molecule has 6 rings (SSSR count). The number of aromatic nitrogens is 1. The Hall–Kier alpha value is -3.63. The third-order valence-electron chi connectivity index (χ3n) is 6.62. The van der Waals surface area contributed by atoms with Gasteiger partial charge in [-0.15, -0.1) is 17.3 Å². The summed E-state index contributed by atoms with van der Waals surface area (Å²) in [6, 6.07) is 10.1. The molecule has 1 aromatic carbocycles. The quantitative estimate of drug-likeness (QED) is 0.540. The van der Waals surface area contributed by atoms with Gasteiger partial charge in [0.2, 0.25) is 0 Å². The number of allylic oxidation sites excluding steroid dienone is 7. The minimum absolute atomic E-state index is 0. The van der Waals surface area contributed by atoms with Gasteiger partial charge in [-0.25, -0.2) is 9.98 Å². The fraction of sp³-hybridized carbons (Fsp3) is 0.167. The third kappa shape index (κ3) is 4.38. The molecule has 5 heterocycles. The van der Waals surface area contributed by atoms with Gasteiger partial charge in [-0.05, 0) is 54.5 Å². The Morgan fingerprint density at radius 3 is 2.44 bits per heavy atom. The van der Waals surface area contributed by atoms with Gasteiger partial charge >= 0.3 is 19.5 Å². The van der Waals surface area contributed by atoms with E-state index in [4.69, 9.17) is 20.0 Å². The second kappa shape index (κ2) is 9.11. The van der Waals surface area contributed by atoms with E-state index in [1.165, 1.54) is 5.56 Å². The van der Waals surface area contributed by atoms with Gasteiger partial charge in [-0.1, -0.05) is 61.0 Å². The molecule has 0 saturated heterocycles. The van der Waals surface area contributed by atoms with Crippen molar-refractivity contribution in [2.24, 2.45) is 20.4 Å². The van der Waals surface area contributed by atoms with E-state index in [1.807, 2.05) is 42.5 Å². The summed E-state index contributed by atoms with van der Waals surface area (Å²) in [6.45, 7) is 6.46. The summed E-state index contributed by atoms with van der Waals surface area (Å²) in [5.41, 5.74) is 8.97. The van der Waals surface area contributed by atoms with E-state index in [2.05, 4.69) is 51.1 Å². The molecule has 36 heavy (non-hydrogen) atoms. The number of benzene rings is 1. The summed E-state index contributed by atoms with van der Waals surface area (Å²) in [5.74, 6) is 0. The molecule has 4 aliphatic heterocycles. The van der Waals surface area contributed by atoms with Gasteiger partial charge in [-0.3, -0.25) is 4.99 Å². The molecule has 0 fully saturated rings. The molecule has 0 spiro atoms. The van der Waals surface area contributed by atoms with Crippen LogP contribution in [0.2, 0.25) is 0 Å². The van der Waals surface area contributed by atoms with Crippen LogP contribution >= 0.6 is 0 Å². The molecule has 2 aromatic rings. The van der Waals surface area contributed by atoms with Crippen molar-refractivity contribution in [3.8, 4) is 0 Å². The molecule has 0 saturated carbocycles. The largest absolute Gasteiger partial charge is 2.00 e. The monoisotopic (exact) mass is 520 g/mol. The second-order valence-electron chi connectivity index (χ2n) is 9.87. The van der Waals surface area contributed by atoms with Crippen molar-refractivity contribution in [1.82, 2.24) is 4.98 Å². The summed E-state index contributed by atoms with van der Waals surface area (Å²) in [4.78, 5) is 19.5. The van der Waals surface area contributed by atoms with Crippen LogP contribution in [-0.2, 0) is 19.5 Å². The van der Waals surface area contributed by atoms with Crippen molar-refractivity contribution in [1.29, 1.82) is 0 Å². The Balaban J connectivity index is 0.00000267. The van der Waals surface area contributed by atoms with Gasteiger partial charge < -0.3 is 10.1 Å². The van der Waals surface area contributed by atoms with Crippen molar-refractivity contribution in [2.45, 2.75) is 27.2 Å². The van der Waals surface area contributed by atoms with Crippen molar-refractivity contribution in [3.63, 3.8) is 0 Å². The van der Waals surface area contributed by atoms with E-state index in [1.54, 1.807) is 0 Å². The molecule has 5 nitrogen and oxygen atoms in total. The molecule has 6 heteroatoms. The van der Waals surface area contributed by atoms with E-state index < -0.39 is 0 Å². The molecule has 4 aliphatic rings. The maximum Gasteiger partial charge on any atom is 2.00 e. The number of fused-ring (bicyclic) bond motifs is 5. The normalized spacial score (nSPS) is 19.9.